The van der Waals surface area contributed by atoms with Crippen LogP contribution in [-0.4, -0.2) is 6.54 Å². The van der Waals surface area contributed by atoms with E-state index in [1.54, 1.807) is 12.1 Å². The molecule has 1 N–H and O–H groups in total. The second-order valence-electron chi connectivity index (χ2n) is 5.69. The number of halogens is 3. The Kier molecular flexibility index (Phi) is 6.53. The third-order valence-corrected chi connectivity index (χ3v) is 3.40. The molecule has 1 rings (SSSR count). The quantitative estimate of drug-likeness (QED) is 0.681. The van der Waals surface area contributed by atoms with E-state index in [4.69, 9.17) is 0 Å². The topological polar surface area (TPSA) is 12.0 Å². The van der Waals surface area contributed by atoms with Crippen molar-refractivity contribution < 1.29 is 13.2 Å². The molecule has 1 aromatic carbocycles. The molecular formula is C16H24F3N. The Hall–Kier alpha value is -1.03. The number of nitrogens with one attached hydrogen (secondary N) is 1. The normalized spacial score (nSPS) is 13.8. The van der Waals surface area contributed by atoms with Crippen LogP contribution in [0, 0.1) is 5.92 Å². The van der Waals surface area contributed by atoms with Gasteiger partial charge in [0.2, 0.25) is 0 Å². The van der Waals surface area contributed by atoms with Crippen LogP contribution in [0.4, 0.5) is 13.2 Å². The molecule has 0 aromatic heterocycles. The fourth-order valence-electron chi connectivity index (χ4n) is 2.07. The molecule has 0 aliphatic carbocycles. The van der Waals surface area contributed by atoms with E-state index in [2.05, 4.69) is 19.2 Å². The summed E-state index contributed by atoms with van der Waals surface area (Å²) in [6.07, 6.45) is -0.754. The first-order valence-electron chi connectivity index (χ1n) is 7.21. The van der Waals surface area contributed by atoms with Crippen molar-refractivity contribution in [2.75, 3.05) is 6.54 Å². The molecule has 0 amide bonds. The zero-order valence-electron chi connectivity index (χ0n) is 12.4. The standard InChI is InChI=1S/C16H24F3N/c1-12(2)6-4-5-11-20-13(3)14-7-9-15(10-8-14)16(17,18)19/h7-10,12-13,20H,4-6,11H2,1-3H3. The molecule has 1 unspecified atom stereocenters. The van der Waals surface area contributed by atoms with Gasteiger partial charge in [-0.3, -0.25) is 0 Å². The Morgan fingerprint density at radius 1 is 1.00 bits per heavy atom. The third-order valence-electron chi connectivity index (χ3n) is 3.40. The predicted molar refractivity (Wildman–Crippen MR) is 76.6 cm³/mol. The lowest BCUT2D eigenvalue weighted by Crippen LogP contribution is -2.20. The molecule has 4 heteroatoms. The lowest BCUT2D eigenvalue weighted by atomic mass is 10.0. The first-order valence-corrected chi connectivity index (χ1v) is 7.21. The summed E-state index contributed by atoms with van der Waals surface area (Å²) >= 11 is 0. The highest BCUT2D eigenvalue weighted by molar-refractivity contribution is 5.26. The summed E-state index contributed by atoms with van der Waals surface area (Å²) in [6.45, 7) is 7.29. The highest BCUT2D eigenvalue weighted by Crippen LogP contribution is 2.29. The van der Waals surface area contributed by atoms with Gasteiger partial charge in [-0.25, -0.2) is 0 Å². The van der Waals surface area contributed by atoms with E-state index < -0.39 is 11.7 Å². The van der Waals surface area contributed by atoms with Gasteiger partial charge in [-0.1, -0.05) is 38.8 Å². The fourth-order valence-corrected chi connectivity index (χ4v) is 2.07. The predicted octanol–water partition coefficient (Wildman–Crippen LogP) is 5.18. The van der Waals surface area contributed by atoms with Crippen LogP contribution >= 0.6 is 0 Å². The minimum atomic E-state index is -4.26. The maximum Gasteiger partial charge on any atom is 0.416 e. The van der Waals surface area contributed by atoms with E-state index in [1.807, 2.05) is 6.92 Å². The van der Waals surface area contributed by atoms with E-state index in [1.165, 1.54) is 12.8 Å². The van der Waals surface area contributed by atoms with Crippen LogP contribution in [0.25, 0.3) is 0 Å². The first kappa shape index (κ1) is 17.0. The van der Waals surface area contributed by atoms with Gasteiger partial charge in [-0.2, -0.15) is 13.2 Å². The van der Waals surface area contributed by atoms with Crippen molar-refractivity contribution in [2.45, 2.75) is 52.3 Å². The van der Waals surface area contributed by atoms with Crippen molar-refractivity contribution in [3.8, 4) is 0 Å². The Labute approximate surface area is 119 Å². The van der Waals surface area contributed by atoms with E-state index in [0.29, 0.717) is 0 Å². The minimum Gasteiger partial charge on any atom is -0.310 e. The van der Waals surface area contributed by atoms with E-state index in [0.717, 1.165) is 36.6 Å². The second-order valence-corrected chi connectivity index (χ2v) is 5.69. The maximum atomic E-state index is 12.5. The van der Waals surface area contributed by atoms with Gasteiger partial charge in [0.05, 0.1) is 5.56 Å². The van der Waals surface area contributed by atoms with Gasteiger partial charge in [0.15, 0.2) is 0 Å². The van der Waals surface area contributed by atoms with E-state index in [-0.39, 0.29) is 6.04 Å². The smallest absolute Gasteiger partial charge is 0.310 e. The van der Waals surface area contributed by atoms with Gasteiger partial charge in [-0.15, -0.1) is 0 Å². The molecule has 0 radical (unpaired) electrons. The number of hydrogen-bond donors (Lipinski definition) is 1. The summed E-state index contributed by atoms with van der Waals surface area (Å²) in [4.78, 5) is 0. The summed E-state index contributed by atoms with van der Waals surface area (Å²) in [5.41, 5.74) is 0.298. The van der Waals surface area contributed by atoms with Crippen molar-refractivity contribution in [3.05, 3.63) is 35.4 Å². The van der Waals surface area contributed by atoms with Crippen molar-refractivity contribution in [1.82, 2.24) is 5.32 Å². The highest BCUT2D eigenvalue weighted by atomic mass is 19.4. The largest absolute Gasteiger partial charge is 0.416 e. The molecule has 114 valence electrons. The Balaban J connectivity index is 2.38. The summed E-state index contributed by atoms with van der Waals surface area (Å²) in [6, 6.07) is 5.47. The number of alkyl halides is 3. The number of hydrogen-bond acceptors (Lipinski definition) is 1. The second kappa shape index (κ2) is 7.67. The van der Waals surface area contributed by atoms with Crippen LogP contribution in [0.3, 0.4) is 0 Å². The Bertz CT molecular complexity index is 382. The monoisotopic (exact) mass is 287 g/mol. The summed E-state index contributed by atoms with van der Waals surface area (Å²) in [7, 11) is 0. The van der Waals surface area contributed by atoms with Crippen molar-refractivity contribution in [2.24, 2.45) is 5.92 Å². The molecule has 1 nitrogen and oxygen atoms in total. The van der Waals surface area contributed by atoms with Crippen molar-refractivity contribution >= 4 is 0 Å². The van der Waals surface area contributed by atoms with Gasteiger partial charge in [0, 0.05) is 6.04 Å². The SMILES string of the molecule is CC(C)CCCCNC(C)c1ccc(C(F)(F)F)cc1. The number of unbranched alkanes of at least 4 members (excludes halogenated alkanes) is 1. The van der Waals surface area contributed by atoms with Crippen LogP contribution in [-0.2, 0) is 6.18 Å². The average molecular weight is 287 g/mol. The molecule has 1 atom stereocenters. The van der Waals surface area contributed by atoms with Gasteiger partial charge in [0.25, 0.3) is 0 Å². The van der Waals surface area contributed by atoms with Crippen molar-refractivity contribution in [3.63, 3.8) is 0 Å². The summed E-state index contributed by atoms with van der Waals surface area (Å²) in [5.74, 6) is 0.724. The molecule has 0 aliphatic heterocycles. The van der Waals surface area contributed by atoms with E-state index >= 15 is 0 Å². The van der Waals surface area contributed by atoms with Crippen LogP contribution in [0.2, 0.25) is 0 Å². The molecule has 20 heavy (non-hydrogen) atoms. The number of benzene rings is 1. The Morgan fingerprint density at radius 3 is 2.10 bits per heavy atom. The molecule has 0 heterocycles. The lowest BCUT2D eigenvalue weighted by molar-refractivity contribution is -0.137. The maximum absolute atomic E-state index is 12.5. The fraction of sp³-hybridized carbons (Fsp3) is 0.625. The third kappa shape index (κ3) is 5.95. The highest BCUT2D eigenvalue weighted by Gasteiger charge is 2.30. The summed E-state index contributed by atoms with van der Waals surface area (Å²) in [5, 5.41) is 3.35. The molecular weight excluding hydrogens is 263 g/mol. The van der Waals surface area contributed by atoms with Crippen LogP contribution in [0.1, 0.15) is 57.2 Å². The molecule has 0 spiro atoms. The average Bonchev–Trinajstić information content (AvgIpc) is 2.37. The minimum absolute atomic E-state index is 0.0799. The molecule has 0 fully saturated rings. The first-order chi connectivity index (χ1) is 9.30. The van der Waals surface area contributed by atoms with Gasteiger partial charge >= 0.3 is 6.18 Å². The molecule has 0 saturated carbocycles. The van der Waals surface area contributed by atoms with Crippen LogP contribution in [0.15, 0.2) is 24.3 Å². The summed E-state index contributed by atoms with van der Waals surface area (Å²) < 4.78 is 37.4. The molecule has 0 aliphatic rings. The van der Waals surface area contributed by atoms with Gasteiger partial charge in [0.1, 0.15) is 0 Å². The van der Waals surface area contributed by atoms with Crippen LogP contribution in [0.5, 0.6) is 0 Å². The zero-order valence-corrected chi connectivity index (χ0v) is 12.4. The van der Waals surface area contributed by atoms with Gasteiger partial charge < -0.3 is 5.32 Å². The Morgan fingerprint density at radius 2 is 1.60 bits per heavy atom. The zero-order chi connectivity index (χ0) is 15.2. The lowest BCUT2D eigenvalue weighted by Gasteiger charge is -2.15. The van der Waals surface area contributed by atoms with Crippen molar-refractivity contribution in [1.29, 1.82) is 0 Å². The van der Waals surface area contributed by atoms with E-state index in [9.17, 15) is 13.2 Å². The molecule has 0 bridgehead atoms. The molecule has 1 aromatic rings. The number of rotatable bonds is 7. The molecule has 0 saturated heterocycles. The van der Waals surface area contributed by atoms with Gasteiger partial charge in [-0.05, 0) is 43.5 Å². The van der Waals surface area contributed by atoms with Crippen LogP contribution < -0.4 is 5.32 Å².